The lowest BCUT2D eigenvalue weighted by atomic mass is 9.75. The van der Waals surface area contributed by atoms with E-state index in [0.29, 0.717) is 0 Å². The fourth-order valence-electron chi connectivity index (χ4n) is 2.64. The number of alkyl carbamates (subject to hydrolysis) is 1. The van der Waals surface area contributed by atoms with Gasteiger partial charge >= 0.3 is 6.09 Å². The molecule has 4 nitrogen and oxygen atoms in total. The Hall–Kier alpha value is -1.06. The third kappa shape index (κ3) is 4.51. The summed E-state index contributed by atoms with van der Waals surface area (Å²) in [6.07, 6.45) is 4.06. The zero-order valence-electron chi connectivity index (χ0n) is 12.8. The predicted octanol–water partition coefficient (Wildman–Crippen LogP) is 3.44. The van der Waals surface area contributed by atoms with E-state index in [1.165, 1.54) is 0 Å². The van der Waals surface area contributed by atoms with Gasteiger partial charge in [0, 0.05) is 5.92 Å². The molecule has 0 radical (unpaired) electrons. The summed E-state index contributed by atoms with van der Waals surface area (Å²) in [4.78, 5) is 24.4. The zero-order valence-corrected chi connectivity index (χ0v) is 12.8. The molecular weight excluding hydrogens is 242 g/mol. The molecule has 1 N–H and O–H groups in total. The van der Waals surface area contributed by atoms with E-state index in [4.69, 9.17) is 4.74 Å². The lowest BCUT2D eigenvalue weighted by Gasteiger charge is -2.38. The van der Waals surface area contributed by atoms with Crippen molar-refractivity contribution in [1.82, 2.24) is 5.32 Å². The molecule has 4 heteroatoms. The van der Waals surface area contributed by atoms with Crippen LogP contribution in [0.2, 0.25) is 0 Å². The van der Waals surface area contributed by atoms with Gasteiger partial charge in [0.25, 0.3) is 0 Å². The number of carbonyl (C=O) groups excluding carboxylic acids is 2. The van der Waals surface area contributed by atoms with Crippen molar-refractivity contribution < 1.29 is 14.3 Å². The highest BCUT2D eigenvalue weighted by Gasteiger charge is 2.42. The van der Waals surface area contributed by atoms with Gasteiger partial charge in [-0.2, -0.15) is 0 Å². The summed E-state index contributed by atoms with van der Waals surface area (Å²) < 4.78 is 5.29. The van der Waals surface area contributed by atoms with Crippen LogP contribution in [-0.4, -0.2) is 23.0 Å². The molecule has 0 heterocycles. The number of rotatable bonds is 3. The van der Waals surface area contributed by atoms with Crippen LogP contribution in [0.4, 0.5) is 4.79 Å². The number of ketones is 1. The lowest BCUT2D eigenvalue weighted by molar-refractivity contribution is -0.129. The van der Waals surface area contributed by atoms with Crippen LogP contribution in [0.15, 0.2) is 0 Å². The number of Topliss-reactive ketones (excluding diaryl/α,β-unsaturated/α-hetero) is 1. The highest BCUT2D eigenvalue weighted by atomic mass is 16.6. The van der Waals surface area contributed by atoms with E-state index in [2.05, 4.69) is 5.32 Å². The monoisotopic (exact) mass is 269 g/mol. The number of hydrogen-bond acceptors (Lipinski definition) is 3. The molecule has 1 aliphatic carbocycles. The van der Waals surface area contributed by atoms with Crippen molar-refractivity contribution in [3.8, 4) is 0 Å². The third-order valence-electron chi connectivity index (χ3n) is 3.44. The minimum Gasteiger partial charge on any atom is -0.444 e. The molecule has 0 aromatic rings. The number of nitrogens with one attached hydrogen (secondary N) is 1. The Kier molecular flexibility index (Phi) is 4.99. The summed E-state index contributed by atoms with van der Waals surface area (Å²) in [5.41, 5.74) is -1.25. The van der Waals surface area contributed by atoms with E-state index >= 15 is 0 Å². The smallest absolute Gasteiger partial charge is 0.408 e. The highest BCUT2D eigenvalue weighted by molar-refractivity contribution is 5.93. The molecule has 0 bridgehead atoms. The molecule has 110 valence electrons. The minimum atomic E-state index is -0.714. The molecular formula is C15H27NO3. The van der Waals surface area contributed by atoms with Crippen molar-refractivity contribution in [2.75, 3.05) is 0 Å². The van der Waals surface area contributed by atoms with Crippen LogP contribution in [0.25, 0.3) is 0 Å². The average Bonchev–Trinajstić information content (AvgIpc) is 2.26. The van der Waals surface area contributed by atoms with E-state index in [0.717, 1.165) is 32.1 Å². The standard InChI is InChI=1S/C15H27NO3/c1-11(2)12(17)15(9-7-6-8-10-15)16-13(18)19-14(3,4)5/h11H,6-10H2,1-5H3,(H,16,18). The van der Waals surface area contributed by atoms with Gasteiger partial charge < -0.3 is 10.1 Å². The van der Waals surface area contributed by atoms with Crippen molar-refractivity contribution >= 4 is 11.9 Å². The first-order valence-electron chi connectivity index (χ1n) is 7.22. The van der Waals surface area contributed by atoms with Crippen LogP contribution >= 0.6 is 0 Å². The predicted molar refractivity (Wildman–Crippen MR) is 75.0 cm³/mol. The summed E-state index contributed by atoms with van der Waals surface area (Å²) in [6, 6.07) is 0. The van der Waals surface area contributed by atoms with Crippen LogP contribution in [0.1, 0.15) is 66.7 Å². The number of carbonyl (C=O) groups is 2. The molecule has 0 aromatic carbocycles. The first-order chi connectivity index (χ1) is 8.66. The Morgan fingerprint density at radius 1 is 1.11 bits per heavy atom. The van der Waals surface area contributed by atoms with Crippen LogP contribution in [0.3, 0.4) is 0 Å². The number of amides is 1. The molecule has 0 spiro atoms. The van der Waals surface area contributed by atoms with Gasteiger partial charge in [-0.1, -0.05) is 33.1 Å². The molecule has 1 aliphatic rings. The van der Waals surface area contributed by atoms with Crippen LogP contribution < -0.4 is 5.32 Å². The van der Waals surface area contributed by atoms with Gasteiger partial charge in [0.05, 0.1) is 0 Å². The van der Waals surface area contributed by atoms with Gasteiger partial charge in [-0.05, 0) is 33.6 Å². The van der Waals surface area contributed by atoms with E-state index in [-0.39, 0.29) is 11.7 Å². The summed E-state index contributed by atoms with van der Waals surface area (Å²) in [6.45, 7) is 9.24. The summed E-state index contributed by atoms with van der Waals surface area (Å²) in [7, 11) is 0. The van der Waals surface area contributed by atoms with Crippen molar-refractivity contribution in [2.24, 2.45) is 5.92 Å². The first-order valence-corrected chi connectivity index (χ1v) is 7.22. The largest absolute Gasteiger partial charge is 0.444 e. The lowest BCUT2D eigenvalue weighted by Crippen LogP contribution is -2.57. The van der Waals surface area contributed by atoms with Gasteiger partial charge in [-0.25, -0.2) is 4.79 Å². The van der Waals surface area contributed by atoms with E-state index in [9.17, 15) is 9.59 Å². The van der Waals surface area contributed by atoms with Crippen molar-refractivity contribution in [2.45, 2.75) is 77.9 Å². The van der Waals surface area contributed by atoms with Crippen molar-refractivity contribution in [1.29, 1.82) is 0 Å². The topological polar surface area (TPSA) is 55.4 Å². The Morgan fingerprint density at radius 3 is 2.05 bits per heavy atom. The normalized spacial score (nSPS) is 19.1. The Balaban J connectivity index is 2.81. The summed E-state index contributed by atoms with van der Waals surface area (Å²) in [5.74, 6) is 0.0473. The maximum Gasteiger partial charge on any atom is 0.408 e. The molecule has 0 saturated heterocycles. The average molecular weight is 269 g/mol. The first kappa shape index (κ1) is 16.0. The van der Waals surface area contributed by atoms with Crippen molar-refractivity contribution in [3.05, 3.63) is 0 Å². The zero-order chi connectivity index (χ0) is 14.7. The molecule has 1 amide bonds. The number of ether oxygens (including phenoxy) is 1. The molecule has 0 atom stereocenters. The SMILES string of the molecule is CC(C)C(=O)C1(NC(=O)OC(C)(C)C)CCCCC1. The maximum atomic E-state index is 12.5. The number of hydrogen-bond donors (Lipinski definition) is 1. The van der Waals surface area contributed by atoms with Gasteiger partial charge in [0.2, 0.25) is 0 Å². The van der Waals surface area contributed by atoms with Crippen LogP contribution in [0.5, 0.6) is 0 Å². The van der Waals surface area contributed by atoms with Gasteiger partial charge in [-0.15, -0.1) is 0 Å². The molecule has 1 saturated carbocycles. The Labute approximate surface area is 116 Å². The second-order valence-electron chi connectivity index (χ2n) is 6.79. The fourth-order valence-corrected chi connectivity index (χ4v) is 2.64. The molecule has 1 rings (SSSR count). The highest BCUT2D eigenvalue weighted by Crippen LogP contribution is 2.31. The maximum absolute atomic E-state index is 12.5. The van der Waals surface area contributed by atoms with Crippen LogP contribution in [0, 0.1) is 5.92 Å². The van der Waals surface area contributed by atoms with E-state index < -0.39 is 17.2 Å². The van der Waals surface area contributed by atoms with Gasteiger partial charge in [-0.3, -0.25) is 4.79 Å². The summed E-state index contributed by atoms with van der Waals surface area (Å²) in [5, 5.41) is 2.86. The van der Waals surface area contributed by atoms with Crippen LogP contribution in [-0.2, 0) is 9.53 Å². The second-order valence-corrected chi connectivity index (χ2v) is 6.79. The Bertz CT molecular complexity index is 336. The van der Waals surface area contributed by atoms with Gasteiger partial charge in [0.1, 0.15) is 11.1 Å². The third-order valence-corrected chi connectivity index (χ3v) is 3.44. The van der Waals surface area contributed by atoms with E-state index in [1.807, 2.05) is 34.6 Å². The minimum absolute atomic E-state index is 0.0759. The molecule has 1 fully saturated rings. The molecule has 0 aliphatic heterocycles. The van der Waals surface area contributed by atoms with Gasteiger partial charge in [0.15, 0.2) is 5.78 Å². The molecule has 0 unspecified atom stereocenters. The van der Waals surface area contributed by atoms with E-state index in [1.54, 1.807) is 0 Å². The quantitative estimate of drug-likeness (QED) is 0.854. The second kappa shape index (κ2) is 5.93. The molecule has 0 aromatic heterocycles. The Morgan fingerprint density at radius 2 is 1.63 bits per heavy atom. The summed E-state index contributed by atoms with van der Waals surface area (Å²) >= 11 is 0. The fraction of sp³-hybridized carbons (Fsp3) is 0.867. The van der Waals surface area contributed by atoms with Crippen molar-refractivity contribution in [3.63, 3.8) is 0 Å². The molecule has 19 heavy (non-hydrogen) atoms.